The Balaban J connectivity index is 1.24. The molecule has 0 atom stereocenters. The molecule has 0 bridgehead atoms. The minimum absolute atomic E-state index is 0.0710. The Morgan fingerprint density at radius 3 is 2.10 bits per heavy atom. The van der Waals surface area contributed by atoms with Crippen molar-refractivity contribution in [3.63, 3.8) is 0 Å². The second kappa shape index (κ2) is 10.6. The fourth-order valence-electron chi connectivity index (χ4n) is 4.45. The standard InChI is InChI=1S/C29H19F6NO3/c1-14-4-22(31)26(23(32)5-14)18-8-24(33)28(25(34)9-18)37-11-15-12-38-29(39-13-15)16-2-3-19-17(6-16)7-21(30)20(10-36)27(19)35/h2-9,15,29H,11-13H2,1H3. The molecule has 5 rings (SSSR count). The molecule has 0 saturated carbocycles. The molecular formula is C29H19F6NO3. The molecule has 0 aromatic heterocycles. The molecule has 10 heteroatoms. The SMILES string of the molecule is Cc1cc(F)c(-c2cc(F)c(OCC3COC(c4ccc5c(F)c(C#N)c(F)cc5c4)OC3)c(F)c2)c(F)c1. The van der Waals surface area contributed by atoms with Crippen LogP contribution in [0.15, 0.2) is 48.5 Å². The number of nitriles is 1. The molecule has 4 nitrogen and oxygen atoms in total. The van der Waals surface area contributed by atoms with E-state index in [4.69, 9.17) is 19.5 Å². The number of hydrogen-bond acceptors (Lipinski definition) is 4. The Bertz CT molecular complexity index is 1580. The third kappa shape index (κ3) is 5.15. The van der Waals surface area contributed by atoms with Crippen LogP contribution in [0.2, 0.25) is 0 Å². The van der Waals surface area contributed by atoms with Crippen LogP contribution >= 0.6 is 0 Å². The summed E-state index contributed by atoms with van der Waals surface area (Å²) in [6, 6.07) is 10.7. The summed E-state index contributed by atoms with van der Waals surface area (Å²) in [7, 11) is 0. The van der Waals surface area contributed by atoms with Crippen LogP contribution in [0.25, 0.3) is 21.9 Å². The summed E-state index contributed by atoms with van der Waals surface area (Å²) in [5.74, 6) is -7.21. The first kappa shape index (κ1) is 26.5. The second-order valence-electron chi connectivity index (χ2n) is 9.19. The zero-order valence-electron chi connectivity index (χ0n) is 20.3. The van der Waals surface area contributed by atoms with Gasteiger partial charge in [0.15, 0.2) is 29.5 Å². The summed E-state index contributed by atoms with van der Waals surface area (Å²) < 4.78 is 103. The molecule has 200 valence electrons. The van der Waals surface area contributed by atoms with Crippen molar-refractivity contribution in [2.75, 3.05) is 19.8 Å². The van der Waals surface area contributed by atoms with Crippen LogP contribution in [-0.4, -0.2) is 19.8 Å². The third-order valence-electron chi connectivity index (χ3n) is 6.34. The Morgan fingerprint density at radius 1 is 0.846 bits per heavy atom. The van der Waals surface area contributed by atoms with Crippen LogP contribution in [0.4, 0.5) is 26.3 Å². The lowest BCUT2D eigenvalue weighted by Gasteiger charge is -2.29. The number of halogens is 6. The van der Waals surface area contributed by atoms with Crippen LogP contribution in [0.3, 0.4) is 0 Å². The molecule has 4 aromatic carbocycles. The first-order chi connectivity index (χ1) is 18.7. The molecular weight excluding hydrogens is 524 g/mol. The van der Waals surface area contributed by atoms with Crippen molar-refractivity contribution in [3.8, 4) is 22.9 Å². The van der Waals surface area contributed by atoms with Crippen LogP contribution in [0.1, 0.15) is 23.0 Å². The van der Waals surface area contributed by atoms with Gasteiger partial charge in [-0.3, -0.25) is 0 Å². The number of benzene rings is 4. The Kier molecular flexibility index (Phi) is 7.21. The van der Waals surface area contributed by atoms with Crippen molar-refractivity contribution >= 4 is 10.8 Å². The fraction of sp³-hybridized carbons (Fsp3) is 0.207. The van der Waals surface area contributed by atoms with Gasteiger partial charge in [0.25, 0.3) is 0 Å². The first-order valence-electron chi connectivity index (χ1n) is 11.8. The van der Waals surface area contributed by atoms with Gasteiger partial charge >= 0.3 is 0 Å². The number of rotatable bonds is 5. The number of hydrogen-bond donors (Lipinski definition) is 0. The number of ether oxygens (including phenoxy) is 3. The van der Waals surface area contributed by atoms with E-state index < -0.39 is 64.0 Å². The predicted octanol–water partition coefficient (Wildman–Crippen LogP) is 7.26. The van der Waals surface area contributed by atoms with E-state index >= 15 is 0 Å². The normalized spacial score (nSPS) is 17.3. The molecule has 1 aliphatic rings. The molecule has 0 unspecified atom stereocenters. The van der Waals surface area contributed by atoms with Crippen molar-refractivity contribution in [2.45, 2.75) is 13.2 Å². The van der Waals surface area contributed by atoms with Crippen molar-refractivity contribution in [3.05, 3.63) is 100 Å². The average Bonchev–Trinajstić information content (AvgIpc) is 2.88. The Hall–Kier alpha value is -4.07. The number of nitrogens with zero attached hydrogens (tertiary/aromatic N) is 1. The number of aryl methyl sites for hydroxylation is 1. The lowest BCUT2D eigenvalue weighted by Crippen LogP contribution is -2.31. The molecule has 0 radical (unpaired) electrons. The van der Waals surface area contributed by atoms with Crippen LogP contribution in [-0.2, 0) is 9.47 Å². The summed E-state index contributed by atoms with van der Waals surface area (Å²) in [6.07, 6.45) is -0.862. The van der Waals surface area contributed by atoms with E-state index in [1.807, 2.05) is 0 Å². The summed E-state index contributed by atoms with van der Waals surface area (Å²) >= 11 is 0. The smallest absolute Gasteiger partial charge is 0.190 e. The largest absolute Gasteiger partial charge is 0.487 e. The van der Waals surface area contributed by atoms with Crippen LogP contribution in [0, 0.1) is 59.1 Å². The van der Waals surface area contributed by atoms with Crippen molar-refractivity contribution in [2.24, 2.45) is 5.92 Å². The van der Waals surface area contributed by atoms with Crippen molar-refractivity contribution in [1.29, 1.82) is 5.26 Å². The van der Waals surface area contributed by atoms with E-state index in [1.54, 1.807) is 0 Å². The highest BCUT2D eigenvalue weighted by Crippen LogP contribution is 2.34. The number of fused-ring (bicyclic) bond motifs is 1. The Morgan fingerprint density at radius 2 is 1.49 bits per heavy atom. The molecule has 1 aliphatic heterocycles. The maximum absolute atomic E-state index is 14.7. The van der Waals surface area contributed by atoms with E-state index in [9.17, 15) is 26.3 Å². The van der Waals surface area contributed by atoms with Gasteiger partial charge in [0.05, 0.1) is 25.4 Å². The maximum Gasteiger partial charge on any atom is 0.190 e. The molecule has 0 spiro atoms. The summed E-state index contributed by atoms with van der Waals surface area (Å²) in [5.41, 5.74) is -0.714. The van der Waals surface area contributed by atoms with Gasteiger partial charge in [-0.05, 0) is 59.8 Å². The highest BCUT2D eigenvalue weighted by atomic mass is 19.2. The zero-order chi connectivity index (χ0) is 27.8. The lowest BCUT2D eigenvalue weighted by molar-refractivity contribution is -0.208. The molecule has 0 N–H and O–H groups in total. The quantitative estimate of drug-likeness (QED) is 0.249. The topological polar surface area (TPSA) is 51.5 Å². The van der Waals surface area contributed by atoms with Gasteiger partial charge in [0.1, 0.15) is 29.1 Å². The van der Waals surface area contributed by atoms with Gasteiger partial charge < -0.3 is 14.2 Å². The van der Waals surface area contributed by atoms with E-state index in [-0.39, 0.29) is 36.2 Å². The predicted molar refractivity (Wildman–Crippen MR) is 129 cm³/mol. The highest BCUT2D eigenvalue weighted by molar-refractivity contribution is 5.85. The van der Waals surface area contributed by atoms with Crippen LogP contribution < -0.4 is 4.74 Å². The van der Waals surface area contributed by atoms with E-state index in [2.05, 4.69) is 0 Å². The maximum atomic E-state index is 14.7. The second-order valence-corrected chi connectivity index (χ2v) is 9.19. The van der Waals surface area contributed by atoms with Gasteiger partial charge in [-0.2, -0.15) is 5.26 Å². The van der Waals surface area contributed by atoms with E-state index in [0.717, 1.165) is 30.3 Å². The fourth-order valence-corrected chi connectivity index (χ4v) is 4.45. The van der Waals surface area contributed by atoms with E-state index in [1.165, 1.54) is 31.2 Å². The van der Waals surface area contributed by atoms with Crippen molar-refractivity contribution < 1.29 is 40.6 Å². The molecule has 4 aromatic rings. The van der Waals surface area contributed by atoms with Gasteiger partial charge in [0, 0.05) is 16.9 Å². The lowest BCUT2D eigenvalue weighted by atomic mass is 10.0. The summed E-state index contributed by atoms with van der Waals surface area (Å²) in [5, 5.41) is 9.22. The highest BCUT2D eigenvalue weighted by Gasteiger charge is 2.26. The third-order valence-corrected chi connectivity index (χ3v) is 6.34. The average molecular weight is 543 g/mol. The van der Waals surface area contributed by atoms with Gasteiger partial charge in [-0.1, -0.05) is 12.1 Å². The molecule has 1 heterocycles. The van der Waals surface area contributed by atoms with Crippen LogP contribution in [0.5, 0.6) is 5.75 Å². The van der Waals surface area contributed by atoms with Crippen molar-refractivity contribution in [1.82, 2.24) is 0 Å². The molecule has 0 amide bonds. The minimum Gasteiger partial charge on any atom is -0.487 e. The Labute approximate surface area is 219 Å². The molecule has 1 fully saturated rings. The molecule has 1 saturated heterocycles. The minimum atomic E-state index is -1.13. The van der Waals surface area contributed by atoms with Gasteiger partial charge in [-0.25, -0.2) is 26.3 Å². The first-order valence-corrected chi connectivity index (χ1v) is 11.8. The monoisotopic (exact) mass is 543 g/mol. The zero-order valence-corrected chi connectivity index (χ0v) is 20.3. The van der Waals surface area contributed by atoms with Gasteiger partial charge in [0.2, 0.25) is 0 Å². The van der Waals surface area contributed by atoms with Gasteiger partial charge in [-0.15, -0.1) is 0 Å². The summed E-state index contributed by atoms with van der Waals surface area (Å²) in [6.45, 7) is 1.48. The molecule has 39 heavy (non-hydrogen) atoms. The summed E-state index contributed by atoms with van der Waals surface area (Å²) in [4.78, 5) is 0. The molecule has 0 aliphatic carbocycles. The van der Waals surface area contributed by atoms with E-state index in [0.29, 0.717) is 11.1 Å².